The number of hydrogen-bond donors (Lipinski definition) is 1. The molecule has 0 heterocycles. The van der Waals surface area contributed by atoms with E-state index in [1.54, 1.807) is 0 Å². The number of unbranched alkanes of at least 4 members (excludes halogenated alkanes) is 7. The molecule has 0 bridgehead atoms. The summed E-state index contributed by atoms with van der Waals surface area (Å²) in [6.45, 7) is 10.9. The molecule has 3 heteroatoms. The largest absolute Gasteiger partial charge is 0.356 e. The fourth-order valence-electron chi connectivity index (χ4n) is 2.56. The van der Waals surface area contributed by atoms with Crippen molar-refractivity contribution in [1.29, 1.82) is 0 Å². The Morgan fingerprint density at radius 1 is 0.810 bits per heavy atom. The summed E-state index contributed by atoms with van der Waals surface area (Å²) in [6.07, 6.45) is 11.9. The fourth-order valence-corrected chi connectivity index (χ4v) is 2.56. The molecule has 3 nitrogen and oxygen atoms in total. The summed E-state index contributed by atoms with van der Waals surface area (Å²) in [5.41, 5.74) is 0. The first-order valence-electron chi connectivity index (χ1n) is 9.23. The van der Waals surface area contributed by atoms with Gasteiger partial charge in [0.05, 0.1) is 0 Å². The first-order chi connectivity index (χ1) is 10.2. The summed E-state index contributed by atoms with van der Waals surface area (Å²) in [4.78, 5) is 14.1. The molecule has 0 fully saturated rings. The number of nitrogens with zero attached hydrogens (tertiary/aromatic N) is 1. The lowest BCUT2D eigenvalue weighted by molar-refractivity contribution is -0.121. The topological polar surface area (TPSA) is 32.3 Å². The normalized spacial score (nSPS) is 11.0. The Kier molecular flexibility index (Phi) is 15.4. The summed E-state index contributed by atoms with van der Waals surface area (Å²) in [7, 11) is 0. The number of nitrogens with one attached hydrogen (secondary N) is 1. The van der Waals surface area contributed by atoms with Crippen LogP contribution in [0.25, 0.3) is 0 Å². The minimum Gasteiger partial charge on any atom is -0.356 e. The average Bonchev–Trinajstić information content (AvgIpc) is 2.50. The van der Waals surface area contributed by atoms with Gasteiger partial charge in [-0.15, -0.1) is 0 Å². The van der Waals surface area contributed by atoms with Crippen molar-refractivity contribution in [3.05, 3.63) is 0 Å². The molecule has 0 aromatic rings. The lowest BCUT2D eigenvalue weighted by Gasteiger charge is -2.17. The van der Waals surface area contributed by atoms with E-state index in [1.807, 2.05) is 0 Å². The number of carbonyl (C=O) groups excluding carboxylic acids is 1. The maximum absolute atomic E-state index is 11.7. The Hall–Kier alpha value is -0.570. The molecule has 1 N–H and O–H groups in total. The Morgan fingerprint density at radius 3 is 2.05 bits per heavy atom. The van der Waals surface area contributed by atoms with Gasteiger partial charge >= 0.3 is 0 Å². The molecular weight excluding hydrogens is 260 g/mol. The highest BCUT2D eigenvalue weighted by atomic mass is 16.1. The van der Waals surface area contributed by atoms with Gasteiger partial charge in [0, 0.05) is 13.0 Å². The number of amides is 1. The molecule has 0 aromatic carbocycles. The molecule has 0 atom stereocenters. The molecular formula is C18H38N2O. The molecule has 0 rings (SSSR count). The Morgan fingerprint density at radius 2 is 1.43 bits per heavy atom. The summed E-state index contributed by atoms with van der Waals surface area (Å²) in [5.74, 6) is 0.242. The van der Waals surface area contributed by atoms with Crippen LogP contribution < -0.4 is 5.32 Å². The zero-order chi connectivity index (χ0) is 15.8. The smallest absolute Gasteiger partial charge is 0.219 e. The van der Waals surface area contributed by atoms with Crippen LogP contribution in [0.5, 0.6) is 0 Å². The van der Waals surface area contributed by atoms with Gasteiger partial charge in [-0.1, -0.05) is 59.3 Å². The van der Waals surface area contributed by atoms with Crippen molar-refractivity contribution in [3.63, 3.8) is 0 Å². The van der Waals surface area contributed by atoms with Gasteiger partial charge in [-0.05, 0) is 38.9 Å². The van der Waals surface area contributed by atoms with Crippen molar-refractivity contribution in [1.82, 2.24) is 10.2 Å². The van der Waals surface area contributed by atoms with Crippen LogP contribution in [0.15, 0.2) is 0 Å². The van der Waals surface area contributed by atoms with E-state index in [2.05, 4.69) is 31.0 Å². The van der Waals surface area contributed by atoms with Crippen LogP contribution >= 0.6 is 0 Å². The molecule has 0 saturated carbocycles. The van der Waals surface area contributed by atoms with Crippen molar-refractivity contribution < 1.29 is 4.79 Å². The fraction of sp³-hybridized carbons (Fsp3) is 0.944. The Balaban J connectivity index is 3.27. The van der Waals surface area contributed by atoms with Crippen molar-refractivity contribution in [2.45, 2.75) is 85.0 Å². The van der Waals surface area contributed by atoms with Gasteiger partial charge in [-0.25, -0.2) is 0 Å². The van der Waals surface area contributed by atoms with Gasteiger partial charge in [0.25, 0.3) is 0 Å². The van der Waals surface area contributed by atoms with E-state index in [0.717, 1.165) is 39.0 Å². The third-order valence-corrected chi connectivity index (χ3v) is 4.13. The molecule has 0 spiro atoms. The van der Waals surface area contributed by atoms with Crippen LogP contribution in [-0.4, -0.2) is 37.0 Å². The molecule has 21 heavy (non-hydrogen) atoms. The Bertz CT molecular complexity index is 227. The zero-order valence-corrected chi connectivity index (χ0v) is 14.8. The third-order valence-electron chi connectivity index (χ3n) is 4.13. The second-order valence-electron chi connectivity index (χ2n) is 5.96. The maximum Gasteiger partial charge on any atom is 0.219 e. The van der Waals surface area contributed by atoms with Gasteiger partial charge in [-0.3, -0.25) is 4.79 Å². The quantitative estimate of drug-likeness (QED) is 0.455. The van der Waals surface area contributed by atoms with E-state index >= 15 is 0 Å². The molecule has 0 unspecified atom stereocenters. The van der Waals surface area contributed by atoms with Crippen LogP contribution in [0.2, 0.25) is 0 Å². The SMILES string of the molecule is CCCCCCCCCC(=O)NCCCCN(CC)CC. The summed E-state index contributed by atoms with van der Waals surface area (Å²) >= 11 is 0. The van der Waals surface area contributed by atoms with Crippen molar-refractivity contribution >= 4 is 5.91 Å². The Labute approximate surface area is 132 Å². The predicted octanol–water partition coefficient (Wildman–Crippen LogP) is 4.37. The molecule has 0 aliphatic rings. The molecule has 0 aliphatic heterocycles. The third kappa shape index (κ3) is 14.1. The first-order valence-corrected chi connectivity index (χ1v) is 9.23. The lowest BCUT2D eigenvalue weighted by Crippen LogP contribution is -2.27. The van der Waals surface area contributed by atoms with Gasteiger partial charge < -0.3 is 10.2 Å². The standard InChI is InChI=1S/C18H38N2O/c1-4-7-8-9-10-11-12-15-18(21)19-16-13-14-17-20(5-2)6-3/h4-17H2,1-3H3,(H,19,21). The van der Waals surface area contributed by atoms with Crippen molar-refractivity contribution in [2.75, 3.05) is 26.2 Å². The van der Waals surface area contributed by atoms with E-state index < -0.39 is 0 Å². The highest BCUT2D eigenvalue weighted by Crippen LogP contribution is 2.08. The number of carbonyl (C=O) groups is 1. The average molecular weight is 299 g/mol. The molecule has 0 aromatic heterocycles. The summed E-state index contributed by atoms with van der Waals surface area (Å²) < 4.78 is 0. The number of rotatable bonds is 15. The second kappa shape index (κ2) is 15.8. The lowest BCUT2D eigenvalue weighted by atomic mass is 10.1. The summed E-state index contributed by atoms with van der Waals surface area (Å²) in [6, 6.07) is 0. The van der Waals surface area contributed by atoms with E-state index in [9.17, 15) is 4.79 Å². The van der Waals surface area contributed by atoms with Crippen molar-refractivity contribution in [2.24, 2.45) is 0 Å². The van der Waals surface area contributed by atoms with Crippen LogP contribution in [0, 0.1) is 0 Å². The predicted molar refractivity (Wildman–Crippen MR) is 92.6 cm³/mol. The highest BCUT2D eigenvalue weighted by Gasteiger charge is 2.01. The minimum absolute atomic E-state index is 0.242. The molecule has 0 saturated heterocycles. The van der Waals surface area contributed by atoms with Gasteiger partial charge in [0.2, 0.25) is 5.91 Å². The van der Waals surface area contributed by atoms with Gasteiger partial charge in [-0.2, -0.15) is 0 Å². The first kappa shape index (κ1) is 20.4. The van der Waals surface area contributed by atoms with E-state index in [4.69, 9.17) is 0 Å². The zero-order valence-electron chi connectivity index (χ0n) is 14.8. The molecule has 126 valence electrons. The van der Waals surface area contributed by atoms with Crippen LogP contribution in [-0.2, 0) is 4.79 Å². The molecule has 0 radical (unpaired) electrons. The maximum atomic E-state index is 11.7. The van der Waals surface area contributed by atoms with E-state index in [0.29, 0.717) is 6.42 Å². The van der Waals surface area contributed by atoms with E-state index in [-0.39, 0.29) is 5.91 Å². The van der Waals surface area contributed by atoms with Crippen LogP contribution in [0.4, 0.5) is 0 Å². The minimum atomic E-state index is 0.242. The van der Waals surface area contributed by atoms with Gasteiger partial charge in [0.15, 0.2) is 0 Å². The van der Waals surface area contributed by atoms with E-state index in [1.165, 1.54) is 44.9 Å². The highest BCUT2D eigenvalue weighted by molar-refractivity contribution is 5.75. The number of hydrogen-bond acceptors (Lipinski definition) is 2. The molecule has 1 amide bonds. The van der Waals surface area contributed by atoms with Crippen molar-refractivity contribution in [3.8, 4) is 0 Å². The summed E-state index contributed by atoms with van der Waals surface area (Å²) in [5, 5.41) is 3.05. The monoisotopic (exact) mass is 298 g/mol. The van der Waals surface area contributed by atoms with Crippen LogP contribution in [0.3, 0.4) is 0 Å². The van der Waals surface area contributed by atoms with Gasteiger partial charge in [0.1, 0.15) is 0 Å². The molecule has 0 aliphatic carbocycles. The van der Waals surface area contributed by atoms with Crippen LogP contribution in [0.1, 0.15) is 85.0 Å². The second-order valence-corrected chi connectivity index (χ2v) is 5.96.